The first kappa shape index (κ1) is 25.7. The molecule has 38 heavy (non-hydrogen) atoms. The third kappa shape index (κ3) is 5.36. The summed E-state index contributed by atoms with van der Waals surface area (Å²) in [6.45, 7) is 8.55. The van der Waals surface area contributed by atoms with Crippen LogP contribution >= 0.6 is 11.8 Å². The Morgan fingerprint density at radius 3 is 2.79 bits per heavy atom. The molecule has 0 spiro atoms. The maximum Gasteiger partial charge on any atom is 0.410 e. The molecule has 0 radical (unpaired) electrons. The van der Waals surface area contributed by atoms with Crippen LogP contribution in [0.2, 0.25) is 0 Å². The maximum atomic E-state index is 14.6. The van der Waals surface area contributed by atoms with Crippen molar-refractivity contribution in [3.8, 4) is 17.2 Å². The lowest BCUT2D eigenvalue weighted by molar-refractivity contribution is 0.0167. The van der Waals surface area contributed by atoms with Crippen LogP contribution < -0.4 is 0 Å². The molecule has 9 nitrogen and oxygen atoms in total. The Kier molecular flexibility index (Phi) is 6.84. The number of carbonyl (C=O) groups excluding carboxylic acids is 1. The molecule has 4 aromatic heterocycles. The van der Waals surface area contributed by atoms with E-state index in [1.165, 1.54) is 12.3 Å². The first-order valence-corrected chi connectivity index (χ1v) is 13.2. The summed E-state index contributed by atoms with van der Waals surface area (Å²) in [5.74, 6) is -0.429. The smallest absolute Gasteiger partial charge is 0.410 e. The summed E-state index contributed by atoms with van der Waals surface area (Å²) in [6, 6.07) is 7.10. The summed E-state index contributed by atoms with van der Waals surface area (Å²) in [5, 5.41) is 18.8. The van der Waals surface area contributed by atoms with E-state index in [1.807, 2.05) is 43.9 Å². The molecule has 0 bridgehead atoms. The van der Waals surface area contributed by atoms with Gasteiger partial charge >= 0.3 is 6.09 Å². The van der Waals surface area contributed by atoms with Crippen molar-refractivity contribution in [3.63, 3.8) is 0 Å². The number of hydrogen-bond acceptors (Lipinski definition) is 7. The molecule has 1 saturated heterocycles. The fourth-order valence-electron chi connectivity index (χ4n) is 4.44. The SMILES string of the molecule is Cc1ccc(F)c(Sc2cc(-c3cnn([C@H]4CCCN(C(=O)OC(C)(C)C)C4)c3)cn3ncc(C#N)c23)n1. The van der Waals surface area contributed by atoms with Gasteiger partial charge in [0.2, 0.25) is 0 Å². The van der Waals surface area contributed by atoms with E-state index in [0.717, 1.165) is 35.7 Å². The number of aryl methyl sites for hydroxylation is 1. The van der Waals surface area contributed by atoms with Crippen molar-refractivity contribution in [3.05, 3.63) is 60.1 Å². The van der Waals surface area contributed by atoms with E-state index in [2.05, 4.69) is 21.3 Å². The Morgan fingerprint density at radius 2 is 2.03 bits per heavy atom. The zero-order chi connectivity index (χ0) is 27.0. The third-order valence-corrected chi connectivity index (χ3v) is 7.22. The standard InChI is InChI=1S/C27H28FN7O2S/c1-17-7-8-22(28)25(32-17)38-23-10-18(14-35-24(23)19(11-29)12-31-35)20-13-30-34(15-20)21-6-5-9-33(16-21)26(36)37-27(2,3)4/h7-8,10,12-15,21H,5-6,9,16H2,1-4H3/t21-/m0/s1. The van der Waals surface area contributed by atoms with E-state index >= 15 is 0 Å². The summed E-state index contributed by atoms with van der Waals surface area (Å²) < 4.78 is 23.6. The highest BCUT2D eigenvalue weighted by Gasteiger charge is 2.29. The zero-order valence-corrected chi connectivity index (χ0v) is 22.5. The number of aromatic nitrogens is 5. The average Bonchev–Trinajstić information content (AvgIpc) is 3.53. The molecule has 1 amide bonds. The summed E-state index contributed by atoms with van der Waals surface area (Å²) in [6.07, 6.45) is 8.47. The van der Waals surface area contributed by atoms with Gasteiger partial charge in [-0.05, 0) is 58.7 Å². The highest BCUT2D eigenvalue weighted by Crippen LogP contribution is 2.36. The number of fused-ring (bicyclic) bond motifs is 1. The lowest BCUT2D eigenvalue weighted by Gasteiger charge is -2.34. The lowest BCUT2D eigenvalue weighted by atomic mass is 10.1. The molecule has 4 aromatic rings. The van der Waals surface area contributed by atoms with Gasteiger partial charge in [0.25, 0.3) is 0 Å². The summed E-state index contributed by atoms with van der Waals surface area (Å²) in [7, 11) is 0. The van der Waals surface area contributed by atoms with Gasteiger partial charge in [0.15, 0.2) is 5.82 Å². The first-order chi connectivity index (χ1) is 18.1. The molecule has 1 aliphatic rings. The number of nitrogens with zero attached hydrogens (tertiary/aromatic N) is 7. The average molecular weight is 534 g/mol. The van der Waals surface area contributed by atoms with Gasteiger partial charge in [0.05, 0.1) is 29.5 Å². The highest BCUT2D eigenvalue weighted by molar-refractivity contribution is 7.99. The van der Waals surface area contributed by atoms with E-state index < -0.39 is 11.4 Å². The van der Waals surface area contributed by atoms with Gasteiger partial charge in [0.1, 0.15) is 16.7 Å². The molecule has 1 fully saturated rings. The Labute approximate surface area is 224 Å². The number of nitriles is 1. The number of amides is 1. The minimum Gasteiger partial charge on any atom is -0.444 e. The van der Waals surface area contributed by atoms with Crippen molar-refractivity contribution < 1.29 is 13.9 Å². The molecule has 0 saturated carbocycles. The van der Waals surface area contributed by atoms with Crippen molar-refractivity contribution in [2.45, 2.75) is 62.1 Å². The molecule has 11 heteroatoms. The third-order valence-electron chi connectivity index (χ3n) is 6.21. The van der Waals surface area contributed by atoms with Gasteiger partial charge in [-0.25, -0.2) is 18.7 Å². The molecule has 5 rings (SSSR count). The van der Waals surface area contributed by atoms with Crippen LogP contribution in [0.5, 0.6) is 0 Å². The Bertz CT molecular complexity index is 1550. The van der Waals surface area contributed by atoms with Gasteiger partial charge in [-0.15, -0.1) is 0 Å². The van der Waals surface area contributed by atoms with E-state index in [9.17, 15) is 14.4 Å². The number of piperidine rings is 1. The first-order valence-electron chi connectivity index (χ1n) is 12.4. The normalized spacial score (nSPS) is 16.0. The fraction of sp³-hybridized carbons (Fsp3) is 0.370. The number of rotatable bonds is 4. The van der Waals surface area contributed by atoms with Gasteiger partial charge < -0.3 is 9.64 Å². The summed E-state index contributed by atoms with van der Waals surface area (Å²) >= 11 is 1.16. The molecule has 0 unspecified atom stereocenters. The molecule has 1 aliphatic heterocycles. The van der Waals surface area contributed by atoms with Crippen LogP contribution in [0.3, 0.4) is 0 Å². The van der Waals surface area contributed by atoms with E-state index in [1.54, 1.807) is 28.6 Å². The van der Waals surface area contributed by atoms with Crippen LogP contribution in [0, 0.1) is 24.1 Å². The minimum absolute atomic E-state index is 0.0167. The van der Waals surface area contributed by atoms with E-state index in [-0.39, 0.29) is 17.2 Å². The van der Waals surface area contributed by atoms with E-state index in [0.29, 0.717) is 34.8 Å². The number of carbonyl (C=O) groups is 1. The quantitative estimate of drug-likeness (QED) is 0.335. The second-order valence-corrected chi connectivity index (χ2v) is 11.4. The second kappa shape index (κ2) is 10.1. The van der Waals surface area contributed by atoms with E-state index in [4.69, 9.17) is 4.74 Å². The number of halogens is 1. The van der Waals surface area contributed by atoms with Gasteiger partial charge in [0, 0.05) is 47.2 Å². The van der Waals surface area contributed by atoms with Crippen molar-refractivity contribution in [1.82, 2.24) is 29.3 Å². The van der Waals surface area contributed by atoms with Gasteiger partial charge in [-0.2, -0.15) is 15.5 Å². The number of ether oxygens (including phenoxy) is 1. The van der Waals surface area contributed by atoms with Gasteiger partial charge in [-0.3, -0.25) is 4.68 Å². The maximum absolute atomic E-state index is 14.6. The zero-order valence-electron chi connectivity index (χ0n) is 21.7. The predicted octanol–water partition coefficient (Wildman–Crippen LogP) is 5.64. The minimum atomic E-state index is -0.550. The van der Waals surface area contributed by atoms with Crippen LogP contribution in [-0.4, -0.2) is 54.1 Å². The van der Waals surface area contributed by atoms with Crippen LogP contribution in [0.1, 0.15) is 50.9 Å². The second-order valence-electron chi connectivity index (χ2n) is 10.3. The van der Waals surface area contributed by atoms with Crippen molar-refractivity contribution >= 4 is 23.4 Å². The molecule has 196 valence electrons. The van der Waals surface area contributed by atoms with Crippen LogP contribution in [0.15, 0.2) is 52.9 Å². The molecule has 0 aromatic carbocycles. The largest absolute Gasteiger partial charge is 0.444 e. The summed E-state index contributed by atoms with van der Waals surface area (Å²) in [4.78, 5) is 19.3. The molecular formula is C27H28FN7O2S. The molecule has 0 aliphatic carbocycles. The van der Waals surface area contributed by atoms with Crippen LogP contribution in [-0.2, 0) is 4.74 Å². The van der Waals surface area contributed by atoms with Crippen molar-refractivity contribution in [2.75, 3.05) is 13.1 Å². The molecule has 5 heterocycles. The van der Waals surface area contributed by atoms with Crippen LogP contribution in [0.25, 0.3) is 16.6 Å². The summed E-state index contributed by atoms with van der Waals surface area (Å²) in [5.41, 5.74) is 2.79. The molecule has 1 atom stereocenters. The highest BCUT2D eigenvalue weighted by atomic mass is 32.2. The number of likely N-dealkylation sites (tertiary alicyclic amines) is 1. The van der Waals surface area contributed by atoms with Crippen molar-refractivity contribution in [1.29, 1.82) is 5.26 Å². The topological polar surface area (TPSA) is 101 Å². The number of pyridine rings is 2. The fourth-order valence-corrected chi connectivity index (χ4v) is 5.49. The van der Waals surface area contributed by atoms with Crippen LogP contribution in [0.4, 0.5) is 9.18 Å². The Hall–Kier alpha value is -3.91. The predicted molar refractivity (Wildman–Crippen MR) is 140 cm³/mol. The molecular weight excluding hydrogens is 505 g/mol. The molecule has 0 N–H and O–H groups in total. The number of hydrogen-bond donors (Lipinski definition) is 0. The monoisotopic (exact) mass is 533 g/mol. The Balaban J connectivity index is 1.45. The van der Waals surface area contributed by atoms with Gasteiger partial charge in [-0.1, -0.05) is 11.8 Å². The Morgan fingerprint density at radius 1 is 1.21 bits per heavy atom. The lowest BCUT2D eigenvalue weighted by Crippen LogP contribution is -2.43. The van der Waals surface area contributed by atoms with Crippen molar-refractivity contribution in [2.24, 2.45) is 0 Å².